The number of thioether (sulfide) groups is 1. The molecular formula is C11H14N2O3S. The number of nitro groups is 1. The van der Waals surface area contributed by atoms with Gasteiger partial charge in [0.05, 0.1) is 12.0 Å². The van der Waals surface area contributed by atoms with Crippen LogP contribution >= 0.6 is 11.8 Å². The van der Waals surface area contributed by atoms with Crippen molar-refractivity contribution in [3.63, 3.8) is 0 Å². The monoisotopic (exact) mass is 254 g/mol. The minimum absolute atomic E-state index is 0.475. The Labute approximate surface area is 104 Å². The van der Waals surface area contributed by atoms with Gasteiger partial charge in [-0.25, -0.2) is 0 Å². The SMILES string of the molecule is COc1ccc(N/C(=C/[N+](=O)[O-])SC)c(C)c1. The summed E-state index contributed by atoms with van der Waals surface area (Å²) in [5.74, 6) is 0.761. The third kappa shape index (κ3) is 3.99. The Morgan fingerprint density at radius 2 is 2.29 bits per heavy atom. The summed E-state index contributed by atoms with van der Waals surface area (Å²) in [6.45, 7) is 1.91. The van der Waals surface area contributed by atoms with Gasteiger partial charge in [0.2, 0.25) is 0 Å². The average molecular weight is 254 g/mol. The largest absolute Gasteiger partial charge is 0.497 e. The van der Waals surface area contributed by atoms with Crippen molar-refractivity contribution in [3.05, 3.63) is 45.1 Å². The second-order valence-corrected chi connectivity index (χ2v) is 4.14. The Bertz CT molecular complexity index is 446. The third-order valence-corrected chi connectivity index (χ3v) is 2.78. The molecule has 0 aliphatic heterocycles. The fourth-order valence-electron chi connectivity index (χ4n) is 1.27. The topological polar surface area (TPSA) is 64.4 Å². The Morgan fingerprint density at radius 3 is 2.76 bits per heavy atom. The molecule has 0 bridgehead atoms. The van der Waals surface area contributed by atoms with Crippen LogP contribution in [0.15, 0.2) is 29.4 Å². The van der Waals surface area contributed by atoms with Gasteiger partial charge in [-0.15, -0.1) is 11.8 Å². The summed E-state index contributed by atoms with van der Waals surface area (Å²) < 4.78 is 5.09. The van der Waals surface area contributed by atoms with Crippen LogP contribution in [0.4, 0.5) is 5.69 Å². The summed E-state index contributed by atoms with van der Waals surface area (Å²) in [7, 11) is 1.60. The third-order valence-electron chi connectivity index (χ3n) is 2.13. The summed E-state index contributed by atoms with van der Waals surface area (Å²) in [6.07, 6.45) is 2.73. The molecule has 0 aliphatic rings. The Morgan fingerprint density at radius 1 is 1.59 bits per heavy atom. The van der Waals surface area contributed by atoms with Gasteiger partial charge in [0.15, 0.2) is 0 Å². The van der Waals surface area contributed by atoms with E-state index >= 15 is 0 Å². The Hall–Kier alpha value is -1.69. The van der Waals surface area contributed by atoms with Crippen molar-refractivity contribution in [2.75, 3.05) is 18.7 Å². The van der Waals surface area contributed by atoms with Gasteiger partial charge in [0.25, 0.3) is 6.20 Å². The first kappa shape index (κ1) is 13.4. The lowest BCUT2D eigenvalue weighted by Gasteiger charge is -2.10. The van der Waals surface area contributed by atoms with Gasteiger partial charge in [-0.2, -0.15) is 0 Å². The molecule has 92 valence electrons. The van der Waals surface area contributed by atoms with Crippen LogP contribution in [0.25, 0.3) is 0 Å². The summed E-state index contributed by atoms with van der Waals surface area (Å²) in [4.78, 5) is 9.93. The maximum Gasteiger partial charge on any atom is 0.264 e. The molecule has 0 amide bonds. The molecule has 0 atom stereocenters. The van der Waals surface area contributed by atoms with Crippen molar-refractivity contribution in [1.29, 1.82) is 0 Å². The van der Waals surface area contributed by atoms with E-state index in [2.05, 4.69) is 5.32 Å². The molecule has 5 nitrogen and oxygen atoms in total. The van der Waals surface area contributed by atoms with E-state index in [4.69, 9.17) is 4.74 Å². The second kappa shape index (κ2) is 6.15. The first-order valence-corrected chi connectivity index (χ1v) is 6.10. The molecule has 0 saturated heterocycles. The van der Waals surface area contributed by atoms with Crippen molar-refractivity contribution in [1.82, 2.24) is 0 Å². The number of rotatable bonds is 5. The van der Waals surface area contributed by atoms with E-state index in [-0.39, 0.29) is 0 Å². The Balaban J connectivity index is 2.91. The average Bonchev–Trinajstić information content (AvgIpc) is 2.29. The van der Waals surface area contributed by atoms with Crippen molar-refractivity contribution >= 4 is 17.4 Å². The molecular weight excluding hydrogens is 240 g/mol. The molecule has 0 aromatic heterocycles. The molecule has 0 aliphatic carbocycles. The van der Waals surface area contributed by atoms with Crippen LogP contribution in [-0.2, 0) is 0 Å². The zero-order valence-electron chi connectivity index (χ0n) is 9.89. The number of benzene rings is 1. The number of hydrogen-bond acceptors (Lipinski definition) is 5. The van der Waals surface area contributed by atoms with E-state index in [0.29, 0.717) is 5.03 Å². The van der Waals surface area contributed by atoms with Gasteiger partial charge in [0.1, 0.15) is 10.8 Å². The predicted molar refractivity (Wildman–Crippen MR) is 69.9 cm³/mol. The Kier molecular flexibility index (Phi) is 4.84. The number of anilines is 1. The molecule has 0 unspecified atom stereocenters. The zero-order valence-corrected chi connectivity index (χ0v) is 10.7. The van der Waals surface area contributed by atoms with E-state index in [0.717, 1.165) is 23.2 Å². The molecule has 0 saturated carbocycles. The lowest BCUT2D eigenvalue weighted by atomic mass is 10.2. The van der Waals surface area contributed by atoms with Gasteiger partial charge < -0.3 is 10.1 Å². The van der Waals surface area contributed by atoms with Gasteiger partial charge in [-0.1, -0.05) is 0 Å². The first-order chi connectivity index (χ1) is 8.06. The van der Waals surface area contributed by atoms with E-state index in [9.17, 15) is 10.1 Å². The summed E-state index contributed by atoms with van der Waals surface area (Å²) in [5.41, 5.74) is 1.79. The highest BCUT2D eigenvalue weighted by Crippen LogP contribution is 2.24. The fourth-order valence-corrected chi connectivity index (χ4v) is 1.67. The van der Waals surface area contributed by atoms with Crippen LogP contribution in [0.2, 0.25) is 0 Å². The van der Waals surface area contributed by atoms with E-state index < -0.39 is 4.92 Å². The van der Waals surface area contributed by atoms with Crippen LogP contribution in [0, 0.1) is 17.0 Å². The number of methoxy groups -OCH3 is 1. The maximum atomic E-state index is 10.4. The minimum Gasteiger partial charge on any atom is -0.497 e. The molecule has 6 heteroatoms. The predicted octanol–water partition coefficient (Wildman–Crippen LogP) is 2.85. The lowest BCUT2D eigenvalue weighted by molar-refractivity contribution is -0.402. The van der Waals surface area contributed by atoms with Gasteiger partial charge in [-0.05, 0) is 36.9 Å². The van der Waals surface area contributed by atoms with Crippen molar-refractivity contribution in [3.8, 4) is 5.75 Å². The van der Waals surface area contributed by atoms with E-state index in [1.807, 2.05) is 19.1 Å². The molecule has 0 heterocycles. The highest BCUT2D eigenvalue weighted by atomic mass is 32.2. The number of hydrogen-bond donors (Lipinski definition) is 1. The minimum atomic E-state index is -0.475. The van der Waals surface area contributed by atoms with Crippen molar-refractivity contribution in [2.24, 2.45) is 0 Å². The molecule has 1 rings (SSSR count). The molecule has 0 spiro atoms. The number of nitrogens with one attached hydrogen (secondary N) is 1. The smallest absolute Gasteiger partial charge is 0.264 e. The van der Waals surface area contributed by atoms with Gasteiger partial charge in [0, 0.05) is 5.69 Å². The number of nitrogens with zero attached hydrogens (tertiary/aromatic N) is 1. The van der Waals surface area contributed by atoms with Crippen molar-refractivity contribution in [2.45, 2.75) is 6.92 Å². The van der Waals surface area contributed by atoms with Crippen LogP contribution in [0.1, 0.15) is 5.56 Å². The van der Waals surface area contributed by atoms with E-state index in [1.54, 1.807) is 19.4 Å². The summed E-state index contributed by atoms with van der Waals surface area (Å²) >= 11 is 1.29. The molecule has 0 radical (unpaired) electrons. The number of aryl methyl sites for hydroxylation is 1. The lowest BCUT2D eigenvalue weighted by Crippen LogP contribution is -2.00. The molecule has 1 aromatic rings. The van der Waals surface area contributed by atoms with Crippen LogP contribution < -0.4 is 10.1 Å². The summed E-state index contributed by atoms with van der Waals surface area (Å²) in [6, 6.07) is 5.50. The molecule has 17 heavy (non-hydrogen) atoms. The van der Waals surface area contributed by atoms with Crippen molar-refractivity contribution < 1.29 is 9.66 Å². The standard InChI is InChI=1S/C11H14N2O3S/c1-8-6-9(16-2)4-5-10(8)12-11(17-3)7-13(14)15/h4-7,12H,1-3H3/b11-7-. The second-order valence-electron chi connectivity index (χ2n) is 3.29. The van der Waals surface area contributed by atoms with Gasteiger partial charge in [-0.3, -0.25) is 10.1 Å². The van der Waals surface area contributed by atoms with Crippen LogP contribution in [-0.4, -0.2) is 18.3 Å². The highest BCUT2D eigenvalue weighted by Gasteiger charge is 2.05. The van der Waals surface area contributed by atoms with Crippen LogP contribution in [0.3, 0.4) is 0 Å². The highest BCUT2D eigenvalue weighted by molar-refractivity contribution is 8.02. The van der Waals surface area contributed by atoms with E-state index in [1.165, 1.54) is 11.8 Å². The molecule has 1 aromatic carbocycles. The maximum absolute atomic E-state index is 10.4. The normalized spacial score (nSPS) is 11.1. The molecule has 0 fully saturated rings. The zero-order chi connectivity index (χ0) is 12.8. The quantitative estimate of drug-likeness (QED) is 0.646. The van der Waals surface area contributed by atoms with Gasteiger partial charge >= 0.3 is 0 Å². The summed E-state index contributed by atoms with van der Waals surface area (Å²) in [5, 5.41) is 13.9. The molecule has 1 N–H and O–H groups in total. The number of ether oxygens (including phenoxy) is 1. The fraction of sp³-hybridized carbons (Fsp3) is 0.273. The van der Waals surface area contributed by atoms with Crippen LogP contribution in [0.5, 0.6) is 5.75 Å². The first-order valence-electron chi connectivity index (χ1n) is 4.87.